The van der Waals surface area contributed by atoms with Gasteiger partial charge in [0, 0.05) is 41.3 Å². The third kappa shape index (κ3) is 3.24. The monoisotopic (exact) mass is 355 g/mol. The van der Waals surface area contributed by atoms with Crippen LogP contribution in [0.3, 0.4) is 0 Å². The van der Waals surface area contributed by atoms with Crippen molar-refractivity contribution in [2.45, 2.75) is 20.5 Å². The lowest BCUT2D eigenvalue weighted by Gasteiger charge is -2.06. The molecule has 3 aromatic rings. The van der Waals surface area contributed by atoms with Gasteiger partial charge in [-0.2, -0.15) is 0 Å². The average molecular weight is 355 g/mol. The SMILES string of the molecule is Cc1noc(C)c1-c1cnc(-c2cnc(COC=O)nc2)c([N+](=O)[O-])c1. The number of aromatic nitrogens is 4. The molecule has 0 aliphatic carbocycles. The summed E-state index contributed by atoms with van der Waals surface area (Å²) in [5.74, 6) is 0.824. The van der Waals surface area contributed by atoms with Crippen LogP contribution in [0.5, 0.6) is 0 Å². The molecular weight excluding hydrogens is 342 g/mol. The van der Waals surface area contributed by atoms with Gasteiger partial charge in [-0.3, -0.25) is 14.9 Å². The molecule has 0 radical (unpaired) electrons. The molecule has 0 bridgehead atoms. The molecule has 0 atom stereocenters. The maximum Gasteiger partial charge on any atom is 0.296 e. The lowest BCUT2D eigenvalue weighted by atomic mass is 10.0. The molecule has 26 heavy (non-hydrogen) atoms. The Kier molecular flexibility index (Phi) is 4.65. The molecule has 0 aliphatic rings. The zero-order chi connectivity index (χ0) is 18.7. The standard InChI is InChI=1S/C16H13N5O5/c1-9-15(10(2)26-20-9)11-3-13(21(23)24)16(19-4-11)12-5-17-14(18-6-12)7-25-8-22/h3-6,8H,7H2,1-2H3. The van der Waals surface area contributed by atoms with Crippen LogP contribution < -0.4 is 0 Å². The van der Waals surface area contributed by atoms with Crippen LogP contribution in [0.25, 0.3) is 22.4 Å². The lowest BCUT2D eigenvalue weighted by Crippen LogP contribution is -2.00. The van der Waals surface area contributed by atoms with Gasteiger partial charge in [-0.25, -0.2) is 15.0 Å². The van der Waals surface area contributed by atoms with Gasteiger partial charge in [0.15, 0.2) is 18.1 Å². The first-order valence-electron chi connectivity index (χ1n) is 7.45. The fraction of sp³-hybridized carbons (Fsp3) is 0.188. The lowest BCUT2D eigenvalue weighted by molar-refractivity contribution is -0.384. The highest BCUT2D eigenvalue weighted by atomic mass is 16.6. The number of hydrogen-bond acceptors (Lipinski definition) is 9. The van der Waals surface area contributed by atoms with Gasteiger partial charge in [-0.15, -0.1) is 0 Å². The molecule has 0 N–H and O–H groups in total. The van der Waals surface area contributed by atoms with Gasteiger partial charge in [0.2, 0.25) is 0 Å². The zero-order valence-corrected chi connectivity index (χ0v) is 13.9. The van der Waals surface area contributed by atoms with E-state index in [4.69, 9.17) is 4.52 Å². The molecule has 0 saturated carbocycles. The summed E-state index contributed by atoms with van der Waals surface area (Å²) in [5.41, 5.74) is 2.14. The Morgan fingerprint density at radius 2 is 1.88 bits per heavy atom. The van der Waals surface area contributed by atoms with E-state index in [-0.39, 0.29) is 30.3 Å². The molecule has 0 fully saturated rings. The highest BCUT2D eigenvalue weighted by Gasteiger charge is 2.21. The van der Waals surface area contributed by atoms with Crippen molar-refractivity contribution in [1.82, 2.24) is 20.1 Å². The molecule has 10 heteroatoms. The van der Waals surface area contributed by atoms with Gasteiger partial charge >= 0.3 is 0 Å². The van der Waals surface area contributed by atoms with Crippen molar-refractivity contribution < 1.29 is 19.0 Å². The smallest absolute Gasteiger partial charge is 0.296 e. The fourth-order valence-electron chi connectivity index (χ4n) is 2.51. The summed E-state index contributed by atoms with van der Waals surface area (Å²) in [6.45, 7) is 3.68. The molecule has 0 spiro atoms. The van der Waals surface area contributed by atoms with Crippen molar-refractivity contribution >= 4 is 12.2 Å². The third-order valence-electron chi connectivity index (χ3n) is 3.65. The van der Waals surface area contributed by atoms with E-state index in [2.05, 4.69) is 24.8 Å². The second-order valence-electron chi connectivity index (χ2n) is 5.34. The number of carbonyl (C=O) groups excluding carboxylic acids is 1. The highest BCUT2D eigenvalue weighted by molar-refractivity contribution is 5.75. The Bertz CT molecular complexity index is 948. The first-order valence-corrected chi connectivity index (χ1v) is 7.45. The van der Waals surface area contributed by atoms with Gasteiger partial charge in [-0.05, 0) is 13.8 Å². The molecule has 3 heterocycles. The number of carbonyl (C=O) groups is 1. The third-order valence-corrected chi connectivity index (χ3v) is 3.65. The number of nitro groups is 1. The summed E-state index contributed by atoms with van der Waals surface area (Å²) in [6.07, 6.45) is 4.29. The maximum absolute atomic E-state index is 11.5. The van der Waals surface area contributed by atoms with Crippen LogP contribution in [0.15, 0.2) is 29.2 Å². The fourth-order valence-corrected chi connectivity index (χ4v) is 2.51. The Hall–Kier alpha value is -3.69. The Morgan fingerprint density at radius 3 is 2.46 bits per heavy atom. The minimum Gasteiger partial charge on any atom is -0.460 e. The van der Waals surface area contributed by atoms with Crippen molar-refractivity contribution in [3.8, 4) is 22.4 Å². The predicted molar refractivity (Wildman–Crippen MR) is 87.7 cm³/mol. The largest absolute Gasteiger partial charge is 0.460 e. The van der Waals surface area contributed by atoms with Crippen molar-refractivity contribution in [3.63, 3.8) is 0 Å². The topological polar surface area (TPSA) is 134 Å². The summed E-state index contributed by atoms with van der Waals surface area (Å²) in [5, 5.41) is 15.4. The molecule has 3 aromatic heterocycles. The molecule has 0 amide bonds. The van der Waals surface area contributed by atoms with Crippen LogP contribution in [0.4, 0.5) is 5.69 Å². The number of rotatable bonds is 6. The second-order valence-corrected chi connectivity index (χ2v) is 5.34. The highest BCUT2D eigenvalue weighted by Crippen LogP contribution is 2.33. The summed E-state index contributed by atoms with van der Waals surface area (Å²) in [4.78, 5) is 33.4. The second kappa shape index (κ2) is 7.05. The van der Waals surface area contributed by atoms with E-state index in [0.29, 0.717) is 28.1 Å². The Labute approximate surface area is 147 Å². The zero-order valence-electron chi connectivity index (χ0n) is 13.9. The number of ether oxygens (including phenoxy) is 1. The first-order chi connectivity index (χ1) is 12.5. The summed E-state index contributed by atoms with van der Waals surface area (Å²) in [6, 6.07) is 1.41. The van der Waals surface area contributed by atoms with E-state index in [9.17, 15) is 14.9 Å². The minimum atomic E-state index is -0.520. The summed E-state index contributed by atoms with van der Waals surface area (Å²) >= 11 is 0. The number of nitrogens with zero attached hydrogens (tertiary/aromatic N) is 5. The van der Waals surface area contributed by atoms with Gasteiger partial charge in [0.05, 0.1) is 10.6 Å². The first kappa shape index (κ1) is 17.1. The average Bonchev–Trinajstić information content (AvgIpc) is 2.98. The molecular formula is C16H13N5O5. The summed E-state index contributed by atoms with van der Waals surface area (Å²) in [7, 11) is 0. The molecule has 0 saturated heterocycles. The van der Waals surface area contributed by atoms with Gasteiger partial charge in [0.1, 0.15) is 5.76 Å². The molecule has 0 unspecified atom stereocenters. The molecule has 3 rings (SSSR count). The van der Waals surface area contributed by atoms with Crippen LogP contribution in [0, 0.1) is 24.0 Å². The van der Waals surface area contributed by atoms with E-state index >= 15 is 0 Å². The maximum atomic E-state index is 11.5. The molecule has 10 nitrogen and oxygen atoms in total. The van der Waals surface area contributed by atoms with E-state index in [1.54, 1.807) is 13.8 Å². The van der Waals surface area contributed by atoms with Crippen LogP contribution in [0.2, 0.25) is 0 Å². The number of pyridine rings is 1. The molecule has 0 aliphatic heterocycles. The Balaban J connectivity index is 2.03. The van der Waals surface area contributed by atoms with E-state index in [0.717, 1.165) is 0 Å². The van der Waals surface area contributed by atoms with E-state index in [1.165, 1.54) is 24.7 Å². The van der Waals surface area contributed by atoms with Gasteiger partial charge in [-0.1, -0.05) is 5.16 Å². The minimum absolute atomic E-state index is 0.0791. The van der Waals surface area contributed by atoms with E-state index in [1.807, 2.05) is 0 Å². The van der Waals surface area contributed by atoms with E-state index < -0.39 is 4.92 Å². The van der Waals surface area contributed by atoms with Crippen LogP contribution in [-0.4, -0.2) is 31.5 Å². The van der Waals surface area contributed by atoms with Crippen LogP contribution in [-0.2, 0) is 16.1 Å². The van der Waals surface area contributed by atoms with Crippen molar-refractivity contribution in [2.75, 3.05) is 0 Å². The van der Waals surface area contributed by atoms with Crippen LogP contribution in [0.1, 0.15) is 17.3 Å². The summed E-state index contributed by atoms with van der Waals surface area (Å²) < 4.78 is 9.67. The molecule has 0 aromatic carbocycles. The van der Waals surface area contributed by atoms with Crippen LogP contribution >= 0.6 is 0 Å². The quantitative estimate of drug-likeness (QED) is 0.371. The molecule has 132 valence electrons. The number of hydrogen-bond donors (Lipinski definition) is 0. The van der Waals surface area contributed by atoms with Crippen molar-refractivity contribution in [1.29, 1.82) is 0 Å². The van der Waals surface area contributed by atoms with Crippen molar-refractivity contribution in [3.05, 3.63) is 52.0 Å². The predicted octanol–water partition coefficient (Wildman–Crippen LogP) is 2.39. The Morgan fingerprint density at radius 1 is 1.19 bits per heavy atom. The van der Waals surface area contributed by atoms with Gasteiger partial charge < -0.3 is 9.26 Å². The van der Waals surface area contributed by atoms with Gasteiger partial charge in [0.25, 0.3) is 12.2 Å². The normalized spacial score (nSPS) is 10.5. The van der Waals surface area contributed by atoms with Crippen molar-refractivity contribution in [2.24, 2.45) is 0 Å². The number of aryl methyl sites for hydroxylation is 2.